The average Bonchev–Trinajstić information content (AvgIpc) is 3.13. The van der Waals surface area contributed by atoms with Crippen LogP contribution >= 0.6 is 11.3 Å². The molecule has 140 valence electrons. The summed E-state index contributed by atoms with van der Waals surface area (Å²) in [6, 6.07) is 9.60. The minimum atomic E-state index is -0.340. The highest BCUT2D eigenvalue weighted by Gasteiger charge is 2.12. The molecule has 0 aliphatic heterocycles. The van der Waals surface area contributed by atoms with Gasteiger partial charge in [-0.15, -0.1) is 11.3 Å². The number of thiophene rings is 1. The van der Waals surface area contributed by atoms with Crippen LogP contribution in [0.5, 0.6) is 23.0 Å². The second kappa shape index (κ2) is 8.14. The standard InChI is InChI=1S/C21H20O5S/c1-13(22)26-17-9-15(12-20-16(17)7-8-27-20)6-5-14-10-18(23-2)21(25-4)19(11-14)24-3/h5-12H,1-4H3/b6-5-. The first kappa shape index (κ1) is 18.8. The summed E-state index contributed by atoms with van der Waals surface area (Å²) in [4.78, 5) is 11.4. The Balaban J connectivity index is 1.99. The monoisotopic (exact) mass is 384 g/mol. The minimum Gasteiger partial charge on any atom is -0.493 e. The van der Waals surface area contributed by atoms with Crippen LogP contribution in [0.15, 0.2) is 35.7 Å². The number of ether oxygens (including phenoxy) is 4. The van der Waals surface area contributed by atoms with Crippen molar-refractivity contribution >= 4 is 39.5 Å². The summed E-state index contributed by atoms with van der Waals surface area (Å²) in [5, 5.41) is 2.91. The van der Waals surface area contributed by atoms with E-state index in [1.165, 1.54) is 6.92 Å². The molecular formula is C21H20O5S. The van der Waals surface area contributed by atoms with Crippen LogP contribution < -0.4 is 18.9 Å². The zero-order valence-corrected chi connectivity index (χ0v) is 16.4. The van der Waals surface area contributed by atoms with Crippen LogP contribution in [0.2, 0.25) is 0 Å². The number of methoxy groups -OCH3 is 3. The Kier molecular flexibility index (Phi) is 5.66. The van der Waals surface area contributed by atoms with Gasteiger partial charge in [0.2, 0.25) is 5.75 Å². The van der Waals surface area contributed by atoms with Crippen LogP contribution in [0.1, 0.15) is 18.1 Å². The first-order chi connectivity index (χ1) is 13.0. The largest absolute Gasteiger partial charge is 0.493 e. The highest BCUT2D eigenvalue weighted by Crippen LogP contribution is 2.39. The summed E-state index contributed by atoms with van der Waals surface area (Å²) in [7, 11) is 4.74. The Morgan fingerprint density at radius 1 is 0.889 bits per heavy atom. The van der Waals surface area contributed by atoms with E-state index in [2.05, 4.69) is 6.07 Å². The molecule has 3 rings (SSSR count). The van der Waals surface area contributed by atoms with Crippen LogP contribution in [0.3, 0.4) is 0 Å². The highest BCUT2D eigenvalue weighted by atomic mass is 32.1. The van der Waals surface area contributed by atoms with Crippen LogP contribution in [-0.2, 0) is 4.79 Å². The molecule has 27 heavy (non-hydrogen) atoms. The van der Waals surface area contributed by atoms with Crippen LogP contribution in [0.4, 0.5) is 0 Å². The van der Waals surface area contributed by atoms with Gasteiger partial charge in [-0.05, 0) is 46.8 Å². The lowest BCUT2D eigenvalue weighted by Gasteiger charge is -2.12. The lowest BCUT2D eigenvalue weighted by Crippen LogP contribution is -2.01. The third-order valence-electron chi connectivity index (χ3n) is 3.97. The van der Waals surface area contributed by atoms with Gasteiger partial charge >= 0.3 is 5.97 Å². The molecule has 0 N–H and O–H groups in total. The SMILES string of the molecule is COc1cc(/C=C\c2cc(OC(C)=O)c3ccsc3c2)cc(OC)c1OC. The van der Waals surface area contributed by atoms with E-state index in [-0.39, 0.29) is 5.97 Å². The first-order valence-electron chi connectivity index (χ1n) is 8.23. The first-order valence-corrected chi connectivity index (χ1v) is 9.11. The summed E-state index contributed by atoms with van der Waals surface area (Å²) >= 11 is 1.60. The topological polar surface area (TPSA) is 54.0 Å². The molecular weight excluding hydrogens is 364 g/mol. The van der Waals surface area contributed by atoms with Crippen molar-refractivity contribution in [2.75, 3.05) is 21.3 Å². The Morgan fingerprint density at radius 2 is 1.48 bits per heavy atom. The number of benzene rings is 2. The average molecular weight is 384 g/mol. The van der Waals surface area contributed by atoms with Gasteiger partial charge < -0.3 is 18.9 Å². The lowest BCUT2D eigenvalue weighted by molar-refractivity contribution is -0.131. The molecule has 5 nitrogen and oxygen atoms in total. The molecule has 0 fully saturated rings. The number of hydrogen-bond donors (Lipinski definition) is 0. The molecule has 0 atom stereocenters. The summed E-state index contributed by atoms with van der Waals surface area (Å²) in [5.74, 6) is 1.95. The zero-order chi connectivity index (χ0) is 19.4. The van der Waals surface area contributed by atoms with Crippen molar-refractivity contribution in [2.45, 2.75) is 6.92 Å². The van der Waals surface area contributed by atoms with Crippen molar-refractivity contribution in [2.24, 2.45) is 0 Å². The number of esters is 1. The van der Waals surface area contributed by atoms with E-state index in [4.69, 9.17) is 18.9 Å². The normalized spacial score (nSPS) is 11.0. The molecule has 2 aromatic carbocycles. The van der Waals surface area contributed by atoms with E-state index in [0.29, 0.717) is 23.0 Å². The van der Waals surface area contributed by atoms with Crippen molar-refractivity contribution in [3.63, 3.8) is 0 Å². The predicted octanol–water partition coefficient (Wildman–Crippen LogP) is 5.02. The fraction of sp³-hybridized carbons (Fsp3) is 0.190. The van der Waals surface area contributed by atoms with Gasteiger partial charge in [-0.3, -0.25) is 4.79 Å². The van der Waals surface area contributed by atoms with E-state index in [1.807, 2.05) is 41.8 Å². The fourth-order valence-electron chi connectivity index (χ4n) is 2.78. The molecule has 0 bridgehead atoms. The molecule has 3 aromatic rings. The summed E-state index contributed by atoms with van der Waals surface area (Å²) in [6.45, 7) is 1.40. The Morgan fingerprint density at radius 3 is 2.04 bits per heavy atom. The van der Waals surface area contributed by atoms with Gasteiger partial charge in [-0.1, -0.05) is 12.2 Å². The molecule has 6 heteroatoms. The number of hydrogen-bond acceptors (Lipinski definition) is 6. The van der Waals surface area contributed by atoms with Gasteiger partial charge in [-0.25, -0.2) is 0 Å². The lowest BCUT2D eigenvalue weighted by atomic mass is 10.1. The molecule has 0 unspecified atom stereocenters. The van der Waals surface area contributed by atoms with Gasteiger partial charge in [0.1, 0.15) is 5.75 Å². The number of carbonyl (C=O) groups is 1. The van der Waals surface area contributed by atoms with Crippen LogP contribution in [0.25, 0.3) is 22.2 Å². The minimum absolute atomic E-state index is 0.340. The number of rotatable bonds is 6. The van der Waals surface area contributed by atoms with E-state index >= 15 is 0 Å². The van der Waals surface area contributed by atoms with E-state index in [9.17, 15) is 4.79 Å². The quantitative estimate of drug-likeness (QED) is 0.339. The maximum atomic E-state index is 11.4. The third-order valence-corrected chi connectivity index (χ3v) is 4.83. The maximum absolute atomic E-state index is 11.4. The smallest absolute Gasteiger partial charge is 0.308 e. The van der Waals surface area contributed by atoms with E-state index in [0.717, 1.165) is 21.2 Å². The van der Waals surface area contributed by atoms with Crippen molar-refractivity contribution in [3.05, 3.63) is 46.8 Å². The Labute approximate surface area is 161 Å². The van der Waals surface area contributed by atoms with Gasteiger partial charge in [0.15, 0.2) is 11.5 Å². The molecule has 0 saturated heterocycles. The third kappa shape index (κ3) is 4.06. The molecule has 0 amide bonds. The van der Waals surface area contributed by atoms with Crippen molar-refractivity contribution < 1.29 is 23.7 Å². The predicted molar refractivity (Wildman–Crippen MR) is 108 cm³/mol. The molecule has 1 aromatic heterocycles. The van der Waals surface area contributed by atoms with Crippen molar-refractivity contribution in [3.8, 4) is 23.0 Å². The Bertz CT molecular complexity index is 978. The summed E-state index contributed by atoms with van der Waals surface area (Å²) in [5.41, 5.74) is 1.82. The van der Waals surface area contributed by atoms with E-state index in [1.54, 1.807) is 32.7 Å². The molecule has 1 heterocycles. The molecule has 0 aliphatic carbocycles. The molecule has 0 aliphatic rings. The van der Waals surface area contributed by atoms with Gasteiger partial charge in [0, 0.05) is 17.0 Å². The molecule has 0 spiro atoms. The van der Waals surface area contributed by atoms with Gasteiger partial charge in [0.25, 0.3) is 0 Å². The fourth-order valence-corrected chi connectivity index (χ4v) is 3.63. The van der Waals surface area contributed by atoms with Crippen LogP contribution in [-0.4, -0.2) is 27.3 Å². The highest BCUT2D eigenvalue weighted by molar-refractivity contribution is 7.17. The van der Waals surface area contributed by atoms with Crippen molar-refractivity contribution in [1.29, 1.82) is 0 Å². The number of fused-ring (bicyclic) bond motifs is 1. The van der Waals surface area contributed by atoms with Gasteiger partial charge in [-0.2, -0.15) is 0 Å². The molecule has 0 radical (unpaired) electrons. The van der Waals surface area contributed by atoms with Crippen molar-refractivity contribution in [1.82, 2.24) is 0 Å². The summed E-state index contributed by atoms with van der Waals surface area (Å²) < 4.78 is 22.5. The Hall–Kier alpha value is -2.99. The zero-order valence-electron chi connectivity index (χ0n) is 15.6. The second-order valence-electron chi connectivity index (χ2n) is 5.74. The maximum Gasteiger partial charge on any atom is 0.308 e. The second-order valence-corrected chi connectivity index (χ2v) is 6.68. The number of carbonyl (C=O) groups excluding carboxylic acids is 1. The molecule has 0 saturated carbocycles. The van der Waals surface area contributed by atoms with Crippen LogP contribution in [0, 0.1) is 0 Å². The summed E-state index contributed by atoms with van der Waals surface area (Å²) in [6.07, 6.45) is 3.89. The van der Waals surface area contributed by atoms with E-state index < -0.39 is 0 Å². The van der Waals surface area contributed by atoms with Gasteiger partial charge in [0.05, 0.1) is 21.3 Å².